The molecule has 0 saturated carbocycles. The topological polar surface area (TPSA) is 38.0 Å². The highest BCUT2D eigenvalue weighted by atomic mass is 79.9. The Bertz CT molecular complexity index is 572. The molecule has 2 aromatic rings. The van der Waals surface area contributed by atoms with Gasteiger partial charge in [0.05, 0.1) is 6.04 Å². The van der Waals surface area contributed by atoms with Crippen molar-refractivity contribution in [3.63, 3.8) is 0 Å². The van der Waals surface area contributed by atoms with Crippen LogP contribution in [-0.2, 0) is 6.42 Å². The molecular formula is C15H16BrClN2. The van der Waals surface area contributed by atoms with Crippen molar-refractivity contribution in [3.05, 3.63) is 68.7 Å². The van der Waals surface area contributed by atoms with Crippen LogP contribution in [0.5, 0.6) is 0 Å². The van der Waals surface area contributed by atoms with Gasteiger partial charge in [0.15, 0.2) is 0 Å². The first-order valence-electron chi connectivity index (χ1n) is 6.07. The van der Waals surface area contributed by atoms with Crippen LogP contribution < -0.4 is 11.3 Å². The van der Waals surface area contributed by atoms with E-state index in [0.717, 1.165) is 27.0 Å². The number of hydrogen-bond donors (Lipinski definition) is 2. The zero-order valence-corrected chi connectivity index (χ0v) is 13.0. The minimum Gasteiger partial charge on any atom is -0.271 e. The van der Waals surface area contributed by atoms with Crippen LogP contribution in [0.25, 0.3) is 0 Å². The summed E-state index contributed by atoms with van der Waals surface area (Å²) in [6.45, 7) is 2.02. The molecule has 0 saturated heterocycles. The fraction of sp³-hybridized carbons (Fsp3) is 0.200. The second-order valence-electron chi connectivity index (χ2n) is 4.51. The molecule has 0 fully saturated rings. The molecule has 0 bridgehead atoms. The van der Waals surface area contributed by atoms with Gasteiger partial charge in [-0.25, -0.2) is 0 Å². The second kappa shape index (κ2) is 6.53. The van der Waals surface area contributed by atoms with Crippen molar-refractivity contribution in [2.45, 2.75) is 19.4 Å². The Morgan fingerprint density at radius 1 is 1.26 bits per heavy atom. The van der Waals surface area contributed by atoms with Gasteiger partial charge in [-0.2, -0.15) is 0 Å². The lowest BCUT2D eigenvalue weighted by atomic mass is 9.96. The third kappa shape index (κ3) is 3.57. The predicted molar refractivity (Wildman–Crippen MR) is 84.1 cm³/mol. The molecule has 0 aliphatic heterocycles. The summed E-state index contributed by atoms with van der Waals surface area (Å²) in [6, 6.07) is 14.2. The Labute approximate surface area is 127 Å². The standard InChI is InChI=1S/C15H16BrClN2/c1-10-13(6-3-7-14(10)17)15(19-18)9-11-4-2-5-12(16)8-11/h2-8,15,19H,9,18H2,1H3. The molecule has 0 heterocycles. The summed E-state index contributed by atoms with van der Waals surface area (Å²) in [6.07, 6.45) is 0.817. The SMILES string of the molecule is Cc1c(Cl)cccc1C(Cc1cccc(Br)c1)NN. The molecule has 1 unspecified atom stereocenters. The molecule has 2 rings (SSSR count). The predicted octanol–water partition coefficient (Wildman–Crippen LogP) is 4.16. The average Bonchev–Trinajstić information content (AvgIpc) is 2.40. The van der Waals surface area contributed by atoms with Crippen molar-refractivity contribution in [2.75, 3.05) is 0 Å². The van der Waals surface area contributed by atoms with Gasteiger partial charge in [0, 0.05) is 9.50 Å². The lowest BCUT2D eigenvalue weighted by Gasteiger charge is -2.19. The Balaban J connectivity index is 2.28. The smallest absolute Gasteiger partial charge is 0.0503 e. The van der Waals surface area contributed by atoms with E-state index in [-0.39, 0.29) is 6.04 Å². The molecule has 2 nitrogen and oxygen atoms in total. The Morgan fingerprint density at radius 3 is 2.68 bits per heavy atom. The first kappa shape index (κ1) is 14.5. The fourth-order valence-corrected chi connectivity index (χ4v) is 2.79. The van der Waals surface area contributed by atoms with Gasteiger partial charge in [0.2, 0.25) is 0 Å². The van der Waals surface area contributed by atoms with Crippen molar-refractivity contribution in [1.82, 2.24) is 5.43 Å². The van der Waals surface area contributed by atoms with E-state index in [1.807, 2.05) is 31.2 Å². The average molecular weight is 340 g/mol. The van der Waals surface area contributed by atoms with Gasteiger partial charge in [-0.15, -0.1) is 0 Å². The van der Waals surface area contributed by atoms with Crippen LogP contribution in [0.2, 0.25) is 5.02 Å². The van der Waals surface area contributed by atoms with Gasteiger partial charge in [-0.3, -0.25) is 11.3 Å². The molecule has 1 atom stereocenters. The van der Waals surface area contributed by atoms with Crippen molar-refractivity contribution in [2.24, 2.45) is 5.84 Å². The summed E-state index contributed by atoms with van der Waals surface area (Å²) >= 11 is 9.65. The van der Waals surface area contributed by atoms with E-state index in [4.69, 9.17) is 17.4 Å². The lowest BCUT2D eigenvalue weighted by Crippen LogP contribution is -2.30. The second-order valence-corrected chi connectivity index (χ2v) is 5.83. The Kier molecular flexibility index (Phi) is 4.99. The van der Waals surface area contributed by atoms with Gasteiger partial charge in [0.25, 0.3) is 0 Å². The van der Waals surface area contributed by atoms with Crippen LogP contribution in [0.15, 0.2) is 46.9 Å². The Morgan fingerprint density at radius 2 is 2.00 bits per heavy atom. The normalized spacial score (nSPS) is 12.4. The number of rotatable bonds is 4. The number of benzene rings is 2. The lowest BCUT2D eigenvalue weighted by molar-refractivity contribution is 0.549. The van der Waals surface area contributed by atoms with E-state index in [1.165, 1.54) is 5.56 Å². The molecular weight excluding hydrogens is 324 g/mol. The highest BCUT2D eigenvalue weighted by Gasteiger charge is 2.14. The van der Waals surface area contributed by atoms with Gasteiger partial charge in [-0.1, -0.05) is 51.8 Å². The monoisotopic (exact) mass is 338 g/mol. The zero-order chi connectivity index (χ0) is 13.8. The molecule has 0 amide bonds. The molecule has 0 aromatic heterocycles. The molecule has 0 aliphatic rings. The third-order valence-electron chi connectivity index (χ3n) is 3.22. The molecule has 3 N–H and O–H groups in total. The molecule has 100 valence electrons. The maximum atomic E-state index is 6.17. The van der Waals surface area contributed by atoms with Crippen LogP contribution in [0, 0.1) is 6.92 Å². The van der Waals surface area contributed by atoms with Crippen LogP contribution >= 0.6 is 27.5 Å². The summed E-state index contributed by atoms with van der Waals surface area (Å²) < 4.78 is 1.07. The molecule has 0 radical (unpaired) electrons. The van der Waals surface area contributed by atoms with E-state index in [0.29, 0.717) is 0 Å². The fourth-order valence-electron chi connectivity index (χ4n) is 2.16. The number of halogens is 2. The van der Waals surface area contributed by atoms with Crippen LogP contribution in [-0.4, -0.2) is 0 Å². The van der Waals surface area contributed by atoms with Crippen molar-refractivity contribution < 1.29 is 0 Å². The summed E-state index contributed by atoms with van der Waals surface area (Å²) in [4.78, 5) is 0. The van der Waals surface area contributed by atoms with Crippen molar-refractivity contribution in [1.29, 1.82) is 0 Å². The van der Waals surface area contributed by atoms with Gasteiger partial charge in [0.1, 0.15) is 0 Å². The zero-order valence-electron chi connectivity index (χ0n) is 10.7. The largest absolute Gasteiger partial charge is 0.271 e. The van der Waals surface area contributed by atoms with E-state index >= 15 is 0 Å². The van der Waals surface area contributed by atoms with E-state index < -0.39 is 0 Å². The number of nitrogens with one attached hydrogen (secondary N) is 1. The minimum absolute atomic E-state index is 0.0491. The number of hydrazine groups is 1. The van der Waals surface area contributed by atoms with Crippen LogP contribution in [0.1, 0.15) is 22.7 Å². The minimum atomic E-state index is 0.0491. The maximum absolute atomic E-state index is 6.17. The molecule has 4 heteroatoms. The highest BCUT2D eigenvalue weighted by molar-refractivity contribution is 9.10. The summed E-state index contributed by atoms with van der Waals surface area (Å²) in [5, 5.41) is 0.770. The molecule has 19 heavy (non-hydrogen) atoms. The van der Waals surface area contributed by atoms with Crippen LogP contribution in [0.4, 0.5) is 0 Å². The summed E-state index contributed by atoms with van der Waals surface area (Å²) in [5.74, 6) is 5.70. The first-order valence-corrected chi connectivity index (χ1v) is 7.24. The first-order chi connectivity index (χ1) is 9.11. The number of nitrogens with two attached hydrogens (primary N) is 1. The quantitative estimate of drug-likeness (QED) is 0.648. The van der Waals surface area contributed by atoms with Crippen molar-refractivity contribution >= 4 is 27.5 Å². The van der Waals surface area contributed by atoms with E-state index in [2.05, 4.69) is 39.6 Å². The van der Waals surface area contributed by atoms with Crippen molar-refractivity contribution in [3.8, 4) is 0 Å². The molecule has 0 spiro atoms. The van der Waals surface area contributed by atoms with Gasteiger partial charge < -0.3 is 0 Å². The maximum Gasteiger partial charge on any atom is 0.0503 e. The summed E-state index contributed by atoms with van der Waals surface area (Å²) in [7, 11) is 0. The summed E-state index contributed by atoms with van der Waals surface area (Å²) in [5.41, 5.74) is 6.31. The highest BCUT2D eigenvalue weighted by Crippen LogP contribution is 2.26. The third-order valence-corrected chi connectivity index (χ3v) is 4.12. The van der Waals surface area contributed by atoms with Gasteiger partial charge >= 0.3 is 0 Å². The van der Waals surface area contributed by atoms with E-state index in [1.54, 1.807) is 0 Å². The van der Waals surface area contributed by atoms with Gasteiger partial charge in [-0.05, 0) is 48.2 Å². The molecule has 0 aliphatic carbocycles. The van der Waals surface area contributed by atoms with Crippen LogP contribution in [0.3, 0.4) is 0 Å². The molecule has 2 aromatic carbocycles. The van der Waals surface area contributed by atoms with E-state index in [9.17, 15) is 0 Å². The Hall–Kier alpha value is -0.870. The number of hydrogen-bond acceptors (Lipinski definition) is 2.